The van der Waals surface area contributed by atoms with Crippen LogP contribution in [0.1, 0.15) is 102 Å². The van der Waals surface area contributed by atoms with Gasteiger partial charge in [-0.05, 0) is 76.6 Å². The predicted molar refractivity (Wildman–Crippen MR) is 157 cm³/mol. The first kappa shape index (κ1) is 28.3. The van der Waals surface area contributed by atoms with Crippen LogP contribution >= 0.6 is 0 Å². The second-order valence-electron chi connectivity index (χ2n) is 12.3. The highest BCUT2D eigenvalue weighted by Gasteiger charge is 2.27. The van der Waals surface area contributed by atoms with Crippen molar-refractivity contribution >= 4 is 17.3 Å². The number of rotatable bonds is 8. The highest BCUT2D eigenvalue weighted by molar-refractivity contribution is 6.06. The summed E-state index contributed by atoms with van der Waals surface area (Å²) in [4.78, 5) is 13.4. The molecule has 3 N–H and O–H groups in total. The van der Waals surface area contributed by atoms with Gasteiger partial charge in [0.05, 0.1) is 5.56 Å². The normalized spacial score (nSPS) is 12.4. The molecule has 0 fully saturated rings. The van der Waals surface area contributed by atoms with E-state index in [1.807, 2.05) is 30.3 Å². The van der Waals surface area contributed by atoms with Crippen molar-refractivity contribution in [3.05, 3.63) is 82.9 Å². The molecule has 0 atom stereocenters. The van der Waals surface area contributed by atoms with Gasteiger partial charge >= 0.3 is 0 Å². The number of carbonyl (C=O) groups excluding carboxylic acids is 1. The Morgan fingerprint density at radius 1 is 0.757 bits per heavy atom. The lowest BCUT2D eigenvalue weighted by molar-refractivity contribution is 0.102. The summed E-state index contributed by atoms with van der Waals surface area (Å²) >= 11 is 0. The third-order valence-corrected chi connectivity index (χ3v) is 7.73. The Hall–Kier alpha value is -3.27. The Labute approximate surface area is 223 Å². The minimum Gasteiger partial charge on any atom is -0.456 e. The van der Waals surface area contributed by atoms with E-state index in [4.69, 9.17) is 10.5 Å². The second kappa shape index (κ2) is 10.6. The first-order valence-electron chi connectivity index (χ1n) is 13.3. The van der Waals surface area contributed by atoms with Gasteiger partial charge in [-0.25, -0.2) is 0 Å². The van der Waals surface area contributed by atoms with E-state index >= 15 is 0 Å². The van der Waals surface area contributed by atoms with Crippen molar-refractivity contribution in [2.45, 2.75) is 91.4 Å². The van der Waals surface area contributed by atoms with E-state index in [2.05, 4.69) is 79.8 Å². The van der Waals surface area contributed by atoms with Gasteiger partial charge in [0, 0.05) is 16.9 Å². The molecule has 3 aromatic rings. The van der Waals surface area contributed by atoms with Gasteiger partial charge in [-0.15, -0.1) is 0 Å². The molecule has 0 spiro atoms. The van der Waals surface area contributed by atoms with Crippen molar-refractivity contribution in [2.24, 2.45) is 0 Å². The van der Waals surface area contributed by atoms with Gasteiger partial charge in [-0.3, -0.25) is 4.79 Å². The molecule has 3 rings (SSSR count). The monoisotopic (exact) mass is 500 g/mol. The highest BCUT2D eigenvalue weighted by Crippen LogP contribution is 2.41. The molecular formula is C33H44N2O2. The number of nitrogen functional groups attached to an aromatic ring is 1. The number of hydrogen-bond acceptors (Lipinski definition) is 3. The summed E-state index contributed by atoms with van der Waals surface area (Å²) in [5.74, 6) is 0.982. The number of nitrogens with one attached hydrogen (secondary N) is 1. The lowest BCUT2D eigenvalue weighted by atomic mass is 9.76. The first-order valence-corrected chi connectivity index (χ1v) is 13.3. The molecule has 0 saturated heterocycles. The standard InChI is InChI=1S/C33H44N2O2/c1-10-32(6,7)23-14-18-29(27(20-23)33(8,9)11-2)37-28-19-15-24(34)21-26(28)30(36)35-25-16-12-22(13-17-25)31(3,4)5/h12-21H,10-11,34H2,1-9H3,(H,35,36). The first-order chi connectivity index (χ1) is 17.2. The van der Waals surface area contributed by atoms with Crippen molar-refractivity contribution in [3.63, 3.8) is 0 Å². The van der Waals surface area contributed by atoms with E-state index in [-0.39, 0.29) is 22.2 Å². The minimum atomic E-state index is -0.258. The lowest BCUT2D eigenvalue weighted by Crippen LogP contribution is -2.21. The smallest absolute Gasteiger partial charge is 0.259 e. The van der Waals surface area contributed by atoms with Gasteiger partial charge in [0.15, 0.2) is 0 Å². The Morgan fingerprint density at radius 3 is 1.89 bits per heavy atom. The molecule has 0 unspecified atom stereocenters. The fraction of sp³-hybridized carbons (Fsp3) is 0.424. The minimum absolute atomic E-state index is 0.0449. The van der Waals surface area contributed by atoms with Crippen LogP contribution in [-0.2, 0) is 16.2 Å². The summed E-state index contributed by atoms with van der Waals surface area (Å²) in [5, 5.41) is 3.01. The summed E-state index contributed by atoms with van der Waals surface area (Å²) in [5.41, 5.74) is 11.4. The van der Waals surface area contributed by atoms with Gasteiger partial charge in [0.1, 0.15) is 11.5 Å². The van der Waals surface area contributed by atoms with E-state index < -0.39 is 0 Å². The van der Waals surface area contributed by atoms with Crippen LogP contribution in [0, 0.1) is 0 Å². The second-order valence-corrected chi connectivity index (χ2v) is 12.3. The van der Waals surface area contributed by atoms with Crippen LogP contribution in [0.25, 0.3) is 0 Å². The van der Waals surface area contributed by atoms with Gasteiger partial charge in [0.2, 0.25) is 0 Å². The van der Waals surface area contributed by atoms with Crippen LogP contribution in [0.15, 0.2) is 60.7 Å². The number of nitrogens with two attached hydrogens (primary N) is 1. The molecule has 0 aliphatic rings. The van der Waals surface area contributed by atoms with Crippen LogP contribution in [0.3, 0.4) is 0 Å². The van der Waals surface area contributed by atoms with Crippen LogP contribution in [0.5, 0.6) is 11.5 Å². The average molecular weight is 501 g/mol. The molecule has 0 radical (unpaired) electrons. The number of ether oxygens (including phenoxy) is 1. The van der Waals surface area contributed by atoms with Gasteiger partial charge in [-0.1, -0.05) is 86.6 Å². The van der Waals surface area contributed by atoms with E-state index in [1.54, 1.807) is 18.2 Å². The molecule has 37 heavy (non-hydrogen) atoms. The maximum absolute atomic E-state index is 13.4. The van der Waals surface area contributed by atoms with Crippen molar-refractivity contribution in [2.75, 3.05) is 11.1 Å². The number of anilines is 2. The SMILES string of the molecule is CCC(C)(C)c1ccc(Oc2ccc(N)cc2C(=O)Nc2ccc(C(C)(C)C)cc2)c(C(C)(C)CC)c1. The Kier molecular flexibility index (Phi) is 8.12. The van der Waals surface area contributed by atoms with Crippen molar-refractivity contribution in [1.29, 1.82) is 0 Å². The molecule has 0 saturated carbocycles. The summed E-state index contributed by atoms with van der Waals surface area (Å²) in [7, 11) is 0. The molecule has 3 aromatic carbocycles. The van der Waals surface area contributed by atoms with E-state index in [0.29, 0.717) is 17.0 Å². The Balaban J connectivity index is 1.98. The van der Waals surface area contributed by atoms with Gasteiger partial charge in [-0.2, -0.15) is 0 Å². The zero-order valence-corrected chi connectivity index (χ0v) is 24.1. The molecule has 198 valence electrons. The maximum atomic E-state index is 13.4. The van der Waals surface area contributed by atoms with Crippen LogP contribution < -0.4 is 15.8 Å². The van der Waals surface area contributed by atoms with E-state index in [1.165, 1.54) is 11.1 Å². The molecule has 0 heterocycles. The average Bonchev–Trinajstić information content (AvgIpc) is 2.84. The number of hydrogen-bond donors (Lipinski definition) is 2. The van der Waals surface area contributed by atoms with Crippen LogP contribution in [0.4, 0.5) is 11.4 Å². The molecule has 0 aliphatic heterocycles. The molecule has 0 bridgehead atoms. The zero-order valence-electron chi connectivity index (χ0n) is 24.1. The molecule has 4 nitrogen and oxygen atoms in total. The Bertz CT molecular complexity index is 1250. The van der Waals surface area contributed by atoms with Gasteiger partial charge in [0.25, 0.3) is 5.91 Å². The topological polar surface area (TPSA) is 64.3 Å². The highest BCUT2D eigenvalue weighted by atomic mass is 16.5. The number of carbonyl (C=O) groups is 1. The summed E-state index contributed by atoms with van der Waals surface area (Å²) in [6, 6.07) is 19.6. The Morgan fingerprint density at radius 2 is 1.32 bits per heavy atom. The summed E-state index contributed by atoms with van der Waals surface area (Å²) < 4.78 is 6.49. The van der Waals surface area contributed by atoms with Crippen LogP contribution in [0.2, 0.25) is 0 Å². The molecular weight excluding hydrogens is 456 g/mol. The third-order valence-electron chi connectivity index (χ3n) is 7.73. The molecule has 0 aromatic heterocycles. The maximum Gasteiger partial charge on any atom is 0.259 e. The quantitative estimate of drug-likeness (QED) is 0.303. The van der Waals surface area contributed by atoms with E-state index in [9.17, 15) is 4.79 Å². The summed E-state index contributed by atoms with van der Waals surface area (Å²) in [6.45, 7) is 19.9. The largest absolute Gasteiger partial charge is 0.456 e. The molecule has 0 aliphatic carbocycles. The lowest BCUT2D eigenvalue weighted by Gasteiger charge is -2.30. The van der Waals surface area contributed by atoms with Crippen molar-refractivity contribution in [1.82, 2.24) is 0 Å². The van der Waals surface area contributed by atoms with Crippen LogP contribution in [-0.4, -0.2) is 5.91 Å². The van der Waals surface area contributed by atoms with Crippen molar-refractivity contribution < 1.29 is 9.53 Å². The summed E-state index contributed by atoms with van der Waals surface area (Å²) in [6.07, 6.45) is 2.00. The molecule has 1 amide bonds. The third kappa shape index (κ3) is 6.54. The molecule has 4 heteroatoms. The predicted octanol–water partition coefficient (Wildman–Crippen LogP) is 8.99. The fourth-order valence-electron chi connectivity index (χ4n) is 4.15. The zero-order chi connectivity index (χ0) is 27.6. The number of amides is 1. The van der Waals surface area contributed by atoms with Crippen molar-refractivity contribution in [3.8, 4) is 11.5 Å². The number of benzene rings is 3. The van der Waals surface area contributed by atoms with E-state index in [0.717, 1.165) is 29.8 Å². The fourth-order valence-corrected chi connectivity index (χ4v) is 4.15. The van der Waals surface area contributed by atoms with Gasteiger partial charge < -0.3 is 15.8 Å².